The molecular formula is C30H30N2O7. The number of aliphatic hydroxyl groups excluding tert-OH is 2. The fraction of sp³-hybridized carbons (Fsp3) is 0.367. The van der Waals surface area contributed by atoms with Crippen LogP contribution >= 0.6 is 0 Å². The Balaban J connectivity index is 1.48. The molecule has 9 heteroatoms. The monoisotopic (exact) mass is 530 g/mol. The highest BCUT2D eigenvalue weighted by Gasteiger charge is 2.65. The van der Waals surface area contributed by atoms with Crippen molar-refractivity contribution in [3.05, 3.63) is 82.8 Å². The molecule has 0 spiro atoms. The molecule has 1 fully saturated rings. The minimum Gasteiger partial charge on any atom is -0.512 e. The molecule has 0 unspecified atom stereocenters. The molecule has 39 heavy (non-hydrogen) atoms. The zero-order valence-electron chi connectivity index (χ0n) is 21.6. The first kappa shape index (κ1) is 25.2. The maximum Gasteiger partial charge on any atom is 0.337 e. The molecule has 2 aromatic carbocycles. The van der Waals surface area contributed by atoms with Crippen molar-refractivity contribution in [3.8, 4) is 0 Å². The number of piperidine rings is 1. The molecule has 0 saturated carbocycles. The number of carbonyl (C=O) groups is 3. The number of carbonyl (C=O) groups excluding carboxylic acids is 3. The number of para-hydroxylation sites is 1. The van der Waals surface area contributed by atoms with Crippen LogP contribution in [0.4, 0.5) is 0 Å². The second-order valence-corrected chi connectivity index (χ2v) is 10.5. The molecule has 9 nitrogen and oxygen atoms in total. The Hall–Kier alpha value is -4.11. The number of nitrogens with zero attached hydrogens (tertiary/aromatic N) is 1. The molecular weight excluding hydrogens is 500 g/mol. The van der Waals surface area contributed by atoms with Gasteiger partial charge < -0.3 is 29.6 Å². The summed E-state index contributed by atoms with van der Waals surface area (Å²) >= 11 is 0. The SMILES string of the molecule is COC(=O)C1=C(O)CC[C@]2(C(=O)OCc3ccccc3)C(=O)N3[C@H](CO)Cc4c([nH]c5ccccc45)[C@H]3C[C@H]12. The molecule has 1 aromatic heterocycles. The van der Waals surface area contributed by atoms with E-state index in [1.807, 2.05) is 54.6 Å². The summed E-state index contributed by atoms with van der Waals surface area (Å²) in [4.78, 5) is 46.6. The topological polar surface area (TPSA) is 129 Å². The summed E-state index contributed by atoms with van der Waals surface area (Å²) in [7, 11) is 1.21. The predicted octanol–water partition coefficient (Wildman–Crippen LogP) is 3.48. The van der Waals surface area contributed by atoms with Gasteiger partial charge in [0.15, 0.2) is 5.41 Å². The van der Waals surface area contributed by atoms with E-state index < -0.39 is 41.3 Å². The van der Waals surface area contributed by atoms with Crippen LogP contribution in [-0.2, 0) is 36.9 Å². The van der Waals surface area contributed by atoms with E-state index in [2.05, 4.69) is 4.98 Å². The van der Waals surface area contributed by atoms with Crippen molar-refractivity contribution in [3.63, 3.8) is 0 Å². The molecule has 6 rings (SSSR count). The summed E-state index contributed by atoms with van der Waals surface area (Å²) in [6, 6.07) is 15.8. The number of hydrogen-bond acceptors (Lipinski definition) is 7. The van der Waals surface area contributed by atoms with E-state index in [0.29, 0.717) is 6.42 Å². The number of aliphatic hydroxyl groups is 2. The number of methoxy groups -OCH3 is 1. The Morgan fingerprint density at radius 2 is 1.87 bits per heavy atom. The lowest BCUT2D eigenvalue weighted by Gasteiger charge is -2.54. The Morgan fingerprint density at radius 3 is 2.62 bits per heavy atom. The van der Waals surface area contributed by atoms with Gasteiger partial charge in [-0.2, -0.15) is 0 Å². The van der Waals surface area contributed by atoms with Gasteiger partial charge in [-0.1, -0.05) is 48.5 Å². The average molecular weight is 531 g/mol. The van der Waals surface area contributed by atoms with Gasteiger partial charge >= 0.3 is 11.9 Å². The van der Waals surface area contributed by atoms with E-state index in [0.717, 1.165) is 27.7 Å². The van der Waals surface area contributed by atoms with Crippen molar-refractivity contribution < 1.29 is 34.1 Å². The van der Waals surface area contributed by atoms with E-state index in [1.165, 1.54) is 7.11 Å². The summed E-state index contributed by atoms with van der Waals surface area (Å²) in [5.74, 6) is -3.16. The van der Waals surface area contributed by atoms with Crippen LogP contribution in [0.1, 0.15) is 42.1 Å². The third kappa shape index (κ3) is 3.75. The number of benzene rings is 2. The summed E-state index contributed by atoms with van der Waals surface area (Å²) in [6.45, 7) is -0.324. The minimum absolute atomic E-state index is 0.0165. The molecule has 0 radical (unpaired) electrons. The number of allylic oxidation sites excluding steroid dienone is 1. The number of aromatic amines is 1. The van der Waals surface area contributed by atoms with Gasteiger partial charge in [-0.05, 0) is 36.5 Å². The van der Waals surface area contributed by atoms with Crippen LogP contribution in [0.15, 0.2) is 65.9 Å². The molecule has 0 bridgehead atoms. The Bertz CT molecular complexity index is 1490. The number of hydrogen-bond donors (Lipinski definition) is 3. The van der Waals surface area contributed by atoms with Gasteiger partial charge in [-0.25, -0.2) is 4.79 Å². The first-order valence-electron chi connectivity index (χ1n) is 13.1. The minimum atomic E-state index is -1.74. The Kier molecular flexibility index (Phi) is 6.18. The summed E-state index contributed by atoms with van der Waals surface area (Å²) in [6.07, 6.45) is 0.532. The number of nitrogens with one attached hydrogen (secondary N) is 1. The molecule has 2 aliphatic heterocycles. The van der Waals surface area contributed by atoms with Gasteiger partial charge in [-0.3, -0.25) is 9.59 Å². The standard InChI is InChI=1S/C30H30N2O7/c1-38-27(35)25-21-14-23-26-20(19-9-5-6-10-22(19)31-26)13-18(15-33)32(23)28(36)30(21,12-11-24(25)34)29(37)39-16-17-7-3-2-4-8-17/h2-10,18,21,23,31,33-34H,11-16H2,1H3/t18-,21+,23+,30+/m0/s1. The van der Waals surface area contributed by atoms with Crippen molar-refractivity contribution in [1.29, 1.82) is 0 Å². The van der Waals surface area contributed by atoms with Crippen molar-refractivity contribution in [1.82, 2.24) is 9.88 Å². The first-order valence-corrected chi connectivity index (χ1v) is 13.1. The van der Waals surface area contributed by atoms with E-state index in [4.69, 9.17) is 9.47 Å². The van der Waals surface area contributed by atoms with Gasteiger partial charge in [0.1, 0.15) is 12.4 Å². The van der Waals surface area contributed by atoms with Crippen LogP contribution in [0.2, 0.25) is 0 Å². The van der Waals surface area contributed by atoms with E-state index in [-0.39, 0.29) is 43.8 Å². The normalized spacial score (nSPS) is 26.1. The second-order valence-electron chi connectivity index (χ2n) is 10.5. The lowest BCUT2D eigenvalue weighted by atomic mass is 9.59. The number of aromatic nitrogens is 1. The molecule has 3 N–H and O–H groups in total. The van der Waals surface area contributed by atoms with Crippen molar-refractivity contribution >= 4 is 28.7 Å². The smallest absolute Gasteiger partial charge is 0.337 e. The molecule has 202 valence electrons. The van der Waals surface area contributed by atoms with Gasteiger partial charge in [0.05, 0.1) is 31.4 Å². The van der Waals surface area contributed by atoms with Crippen LogP contribution in [0.25, 0.3) is 10.9 Å². The Labute approximate surface area is 225 Å². The third-order valence-corrected chi connectivity index (χ3v) is 8.63. The third-order valence-electron chi connectivity index (χ3n) is 8.63. The molecule has 3 heterocycles. The van der Waals surface area contributed by atoms with Crippen LogP contribution in [0.5, 0.6) is 0 Å². The maximum absolute atomic E-state index is 14.6. The van der Waals surface area contributed by atoms with Crippen LogP contribution < -0.4 is 0 Å². The number of fused-ring (bicyclic) bond motifs is 6. The van der Waals surface area contributed by atoms with Crippen LogP contribution in [0.3, 0.4) is 0 Å². The number of esters is 2. The van der Waals surface area contributed by atoms with Crippen molar-refractivity contribution in [2.45, 2.75) is 44.4 Å². The van der Waals surface area contributed by atoms with Crippen LogP contribution in [0, 0.1) is 11.3 Å². The quantitative estimate of drug-likeness (QED) is 0.340. The molecule has 4 atom stereocenters. The number of rotatable bonds is 5. The lowest BCUT2D eigenvalue weighted by molar-refractivity contribution is -0.182. The molecule has 3 aromatic rings. The largest absolute Gasteiger partial charge is 0.512 e. The highest BCUT2D eigenvalue weighted by Crippen LogP contribution is 2.57. The zero-order chi connectivity index (χ0) is 27.3. The summed E-state index contributed by atoms with van der Waals surface area (Å²) < 4.78 is 10.8. The van der Waals surface area contributed by atoms with Gasteiger partial charge in [0, 0.05) is 28.9 Å². The summed E-state index contributed by atoms with van der Waals surface area (Å²) in [5, 5.41) is 22.3. The van der Waals surface area contributed by atoms with Crippen molar-refractivity contribution in [2.24, 2.45) is 11.3 Å². The highest BCUT2D eigenvalue weighted by atomic mass is 16.5. The fourth-order valence-corrected chi connectivity index (χ4v) is 6.80. The Morgan fingerprint density at radius 1 is 1.13 bits per heavy atom. The van der Waals surface area contributed by atoms with Crippen molar-refractivity contribution in [2.75, 3.05) is 13.7 Å². The number of amides is 1. The van der Waals surface area contributed by atoms with Gasteiger partial charge in [0.25, 0.3) is 0 Å². The molecule has 1 saturated heterocycles. The van der Waals surface area contributed by atoms with E-state index in [1.54, 1.807) is 4.90 Å². The first-order chi connectivity index (χ1) is 18.9. The average Bonchev–Trinajstić information content (AvgIpc) is 3.34. The molecule has 1 aliphatic carbocycles. The summed E-state index contributed by atoms with van der Waals surface area (Å²) in [5.41, 5.74) is 1.69. The second kappa shape index (κ2) is 9.57. The van der Waals surface area contributed by atoms with Crippen LogP contribution in [-0.4, -0.2) is 57.7 Å². The fourth-order valence-electron chi connectivity index (χ4n) is 6.80. The number of H-pyrrole nitrogens is 1. The maximum atomic E-state index is 14.6. The highest BCUT2D eigenvalue weighted by molar-refractivity contribution is 6.07. The predicted molar refractivity (Wildman–Crippen MR) is 140 cm³/mol. The lowest BCUT2D eigenvalue weighted by Crippen LogP contribution is -2.64. The molecule has 1 amide bonds. The van der Waals surface area contributed by atoms with E-state index >= 15 is 0 Å². The van der Waals surface area contributed by atoms with Gasteiger partial charge in [-0.15, -0.1) is 0 Å². The van der Waals surface area contributed by atoms with E-state index in [9.17, 15) is 24.6 Å². The molecule has 3 aliphatic rings. The van der Waals surface area contributed by atoms with Gasteiger partial charge in [0.2, 0.25) is 5.91 Å². The number of ether oxygens (including phenoxy) is 2. The zero-order valence-corrected chi connectivity index (χ0v) is 21.6.